The van der Waals surface area contributed by atoms with Crippen LogP contribution in [0.15, 0.2) is 48.8 Å². The Labute approximate surface area is 161 Å². The number of hydrogen-bond donors (Lipinski definition) is 1. The molecule has 0 saturated carbocycles. The smallest absolute Gasteiger partial charge is 0.227 e. The number of imidazole rings is 1. The molecule has 1 atom stereocenters. The number of nitrogens with one attached hydrogen (secondary N) is 1. The highest BCUT2D eigenvalue weighted by molar-refractivity contribution is 6.30. The Morgan fingerprint density at radius 1 is 1.22 bits per heavy atom. The molecule has 1 fully saturated rings. The van der Waals surface area contributed by atoms with Crippen LogP contribution in [-0.2, 0) is 16.1 Å². The number of rotatable bonds is 4. The zero-order valence-electron chi connectivity index (χ0n) is 14.9. The second-order valence-corrected chi connectivity index (χ2v) is 7.24. The van der Waals surface area contributed by atoms with Crippen molar-refractivity contribution in [2.75, 3.05) is 11.4 Å². The van der Waals surface area contributed by atoms with Gasteiger partial charge in [0.1, 0.15) is 5.65 Å². The third-order valence-corrected chi connectivity index (χ3v) is 4.97. The van der Waals surface area contributed by atoms with Crippen molar-refractivity contribution in [2.24, 2.45) is 5.92 Å². The van der Waals surface area contributed by atoms with Gasteiger partial charge in [-0.2, -0.15) is 0 Å². The van der Waals surface area contributed by atoms with Crippen molar-refractivity contribution in [3.05, 3.63) is 65.1 Å². The Morgan fingerprint density at radius 3 is 2.78 bits per heavy atom. The summed E-state index contributed by atoms with van der Waals surface area (Å²) in [6.07, 6.45) is 3.82. The van der Waals surface area contributed by atoms with Crippen LogP contribution in [0.1, 0.15) is 17.7 Å². The van der Waals surface area contributed by atoms with Crippen LogP contribution in [0.25, 0.3) is 5.65 Å². The number of halogens is 1. The normalized spacial score (nSPS) is 16.9. The SMILES string of the molecule is Cc1ccc(N2CC(C(=O)NCc3cn4cc(Cl)ccc4n3)CC2=O)cc1. The van der Waals surface area contributed by atoms with Gasteiger partial charge < -0.3 is 14.6 Å². The van der Waals surface area contributed by atoms with Gasteiger partial charge in [0.25, 0.3) is 0 Å². The van der Waals surface area contributed by atoms with Crippen LogP contribution in [0.3, 0.4) is 0 Å². The molecule has 2 amide bonds. The lowest BCUT2D eigenvalue weighted by atomic mass is 10.1. The Hall–Kier alpha value is -2.86. The molecule has 1 aliphatic rings. The van der Waals surface area contributed by atoms with Crippen molar-refractivity contribution in [1.29, 1.82) is 0 Å². The Kier molecular flexibility index (Phi) is 4.58. The Balaban J connectivity index is 1.39. The molecule has 4 rings (SSSR count). The van der Waals surface area contributed by atoms with Gasteiger partial charge in [-0.25, -0.2) is 4.98 Å². The summed E-state index contributed by atoms with van der Waals surface area (Å²) in [5.41, 5.74) is 3.47. The molecule has 0 aliphatic carbocycles. The Morgan fingerprint density at radius 2 is 2.00 bits per heavy atom. The molecule has 1 unspecified atom stereocenters. The number of carbonyl (C=O) groups is 2. The van der Waals surface area contributed by atoms with Crippen LogP contribution in [-0.4, -0.2) is 27.7 Å². The number of carbonyl (C=O) groups excluding carboxylic acids is 2. The van der Waals surface area contributed by atoms with Crippen LogP contribution in [0, 0.1) is 12.8 Å². The number of anilines is 1. The zero-order chi connectivity index (χ0) is 19.0. The van der Waals surface area contributed by atoms with E-state index in [-0.39, 0.29) is 24.2 Å². The average Bonchev–Trinajstić information content (AvgIpc) is 3.23. The summed E-state index contributed by atoms with van der Waals surface area (Å²) in [6, 6.07) is 11.3. The fourth-order valence-corrected chi connectivity index (χ4v) is 3.45. The predicted molar refractivity (Wildman–Crippen MR) is 104 cm³/mol. The number of nitrogens with zero attached hydrogens (tertiary/aromatic N) is 3. The summed E-state index contributed by atoms with van der Waals surface area (Å²) in [4.78, 5) is 31.0. The van der Waals surface area contributed by atoms with Crippen LogP contribution < -0.4 is 10.2 Å². The lowest BCUT2D eigenvalue weighted by Gasteiger charge is -2.16. The number of aromatic nitrogens is 2. The lowest BCUT2D eigenvalue weighted by molar-refractivity contribution is -0.126. The maximum absolute atomic E-state index is 12.5. The first-order valence-electron chi connectivity index (χ1n) is 8.77. The molecule has 0 radical (unpaired) electrons. The van der Waals surface area contributed by atoms with Crippen molar-refractivity contribution in [3.63, 3.8) is 0 Å². The van der Waals surface area contributed by atoms with E-state index in [1.807, 2.05) is 47.9 Å². The Bertz CT molecular complexity index is 1010. The largest absolute Gasteiger partial charge is 0.350 e. The van der Waals surface area contributed by atoms with Gasteiger partial charge in [0.05, 0.1) is 23.2 Å². The van der Waals surface area contributed by atoms with Crippen molar-refractivity contribution < 1.29 is 9.59 Å². The van der Waals surface area contributed by atoms with E-state index >= 15 is 0 Å². The van der Waals surface area contributed by atoms with Gasteiger partial charge in [0, 0.05) is 31.0 Å². The molecule has 3 aromatic rings. The van der Waals surface area contributed by atoms with Crippen LogP contribution in [0.5, 0.6) is 0 Å². The summed E-state index contributed by atoms with van der Waals surface area (Å²) in [6.45, 7) is 2.71. The second kappa shape index (κ2) is 7.04. The van der Waals surface area contributed by atoms with E-state index in [1.54, 1.807) is 17.2 Å². The minimum Gasteiger partial charge on any atom is -0.350 e. The van der Waals surface area contributed by atoms with Crippen LogP contribution >= 0.6 is 11.6 Å². The summed E-state index contributed by atoms with van der Waals surface area (Å²) in [5.74, 6) is -0.514. The summed E-state index contributed by atoms with van der Waals surface area (Å²) in [7, 11) is 0. The monoisotopic (exact) mass is 382 g/mol. The molecule has 1 aliphatic heterocycles. The summed E-state index contributed by atoms with van der Waals surface area (Å²) >= 11 is 5.97. The van der Waals surface area contributed by atoms with Gasteiger partial charge >= 0.3 is 0 Å². The van der Waals surface area contributed by atoms with E-state index in [1.165, 1.54) is 0 Å². The maximum Gasteiger partial charge on any atom is 0.227 e. The van der Waals surface area contributed by atoms with Gasteiger partial charge in [0.15, 0.2) is 0 Å². The number of fused-ring (bicyclic) bond motifs is 1. The van der Waals surface area contributed by atoms with E-state index in [4.69, 9.17) is 11.6 Å². The minimum absolute atomic E-state index is 0.0265. The van der Waals surface area contributed by atoms with E-state index in [2.05, 4.69) is 10.3 Å². The quantitative estimate of drug-likeness (QED) is 0.754. The number of hydrogen-bond acceptors (Lipinski definition) is 3. The molecule has 2 aromatic heterocycles. The van der Waals surface area contributed by atoms with Gasteiger partial charge in [-0.1, -0.05) is 29.3 Å². The fraction of sp³-hybridized carbons (Fsp3) is 0.250. The van der Waals surface area contributed by atoms with E-state index in [0.717, 1.165) is 22.6 Å². The highest BCUT2D eigenvalue weighted by Crippen LogP contribution is 2.25. The topological polar surface area (TPSA) is 66.7 Å². The van der Waals surface area contributed by atoms with Gasteiger partial charge in [-0.3, -0.25) is 9.59 Å². The predicted octanol–water partition coefficient (Wildman–Crippen LogP) is 2.97. The minimum atomic E-state index is -0.356. The fourth-order valence-electron chi connectivity index (χ4n) is 3.28. The van der Waals surface area contributed by atoms with Crippen molar-refractivity contribution in [1.82, 2.24) is 14.7 Å². The highest BCUT2D eigenvalue weighted by Gasteiger charge is 2.35. The standard InChI is InChI=1S/C20H19ClN4O2/c1-13-2-5-17(6-3-13)25-10-14(8-19(25)26)20(27)22-9-16-12-24-11-15(21)4-7-18(24)23-16/h2-7,11-12,14H,8-10H2,1H3,(H,22,27). The summed E-state index contributed by atoms with van der Waals surface area (Å²) in [5, 5.41) is 3.51. The molecule has 138 valence electrons. The number of amides is 2. The number of pyridine rings is 1. The molecule has 6 nitrogen and oxygen atoms in total. The van der Waals surface area contributed by atoms with E-state index < -0.39 is 0 Å². The highest BCUT2D eigenvalue weighted by atomic mass is 35.5. The van der Waals surface area contributed by atoms with Crippen molar-refractivity contribution in [3.8, 4) is 0 Å². The maximum atomic E-state index is 12.5. The van der Waals surface area contributed by atoms with Crippen molar-refractivity contribution in [2.45, 2.75) is 19.9 Å². The first-order chi connectivity index (χ1) is 13.0. The molecular weight excluding hydrogens is 364 g/mol. The lowest BCUT2D eigenvalue weighted by Crippen LogP contribution is -2.32. The molecule has 3 heterocycles. The zero-order valence-corrected chi connectivity index (χ0v) is 15.6. The molecule has 0 spiro atoms. The number of aryl methyl sites for hydroxylation is 1. The van der Waals surface area contributed by atoms with Crippen LogP contribution in [0.4, 0.5) is 5.69 Å². The third kappa shape index (κ3) is 3.66. The molecule has 0 bridgehead atoms. The van der Waals surface area contributed by atoms with Gasteiger partial charge in [-0.15, -0.1) is 0 Å². The van der Waals surface area contributed by atoms with Gasteiger partial charge in [-0.05, 0) is 31.2 Å². The van der Waals surface area contributed by atoms with Gasteiger partial charge in [0.2, 0.25) is 11.8 Å². The van der Waals surface area contributed by atoms with E-state index in [0.29, 0.717) is 18.1 Å². The second-order valence-electron chi connectivity index (χ2n) is 6.80. The first kappa shape index (κ1) is 17.5. The molecule has 1 N–H and O–H groups in total. The summed E-state index contributed by atoms with van der Waals surface area (Å²) < 4.78 is 1.82. The van der Waals surface area contributed by atoms with E-state index in [9.17, 15) is 9.59 Å². The molecular formula is C20H19ClN4O2. The molecule has 27 heavy (non-hydrogen) atoms. The first-order valence-corrected chi connectivity index (χ1v) is 9.15. The van der Waals surface area contributed by atoms with Crippen molar-refractivity contribution >= 4 is 34.7 Å². The molecule has 1 aromatic carbocycles. The molecule has 1 saturated heterocycles. The number of benzene rings is 1. The third-order valence-electron chi connectivity index (χ3n) is 4.75. The molecule has 7 heteroatoms. The average molecular weight is 383 g/mol. The van der Waals surface area contributed by atoms with Crippen LogP contribution in [0.2, 0.25) is 5.02 Å².